The lowest BCUT2D eigenvalue weighted by Gasteiger charge is -2.20. The number of allylic oxidation sites excluding steroid dienone is 2. The van der Waals surface area contributed by atoms with E-state index in [9.17, 15) is 23.8 Å². The number of carbonyl (C=O) groups excluding carboxylic acids is 2. The molecule has 0 aromatic rings. The number of ether oxygens (including phenoxy) is 2. The number of hydrogen-bond acceptors (Lipinski definition) is 9. The Hall–Kier alpha value is -1.78. The van der Waals surface area contributed by atoms with Crippen molar-refractivity contribution >= 4 is 25.7 Å². The first-order valence-electron chi connectivity index (χ1n) is 20.7. The number of carboxylic acids is 1. The van der Waals surface area contributed by atoms with Crippen LogP contribution in [0.4, 0.5) is 0 Å². The van der Waals surface area contributed by atoms with E-state index < -0.39 is 51.1 Å². The molecule has 11 nitrogen and oxygen atoms in total. The van der Waals surface area contributed by atoms with Gasteiger partial charge in [0.15, 0.2) is 6.10 Å². The van der Waals surface area contributed by atoms with Gasteiger partial charge in [-0.25, -0.2) is 4.57 Å². The molecule has 306 valence electrons. The van der Waals surface area contributed by atoms with Crippen LogP contribution in [0.3, 0.4) is 0 Å². The van der Waals surface area contributed by atoms with Gasteiger partial charge in [-0.05, 0) is 38.5 Å². The highest BCUT2D eigenvalue weighted by Gasteiger charge is 2.28. The van der Waals surface area contributed by atoms with E-state index >= 15 is 0 Å². The summed E-state index contributed by atoms with van der Waals surface area (Å²) in [4.78, 5) is 45.5. The van der Waals surface area contributed by atoms with E-state index in [0.29, 0.717) is 12.8 Å². The first-order valence-corrected chi connectivity index (χ1v) is 22.2. The van der Waals surface area contributed by atoms with Gasteiger partial charge in [0, 0.05) is 12.8 Å². The highest BCUT2D eigenvalue weighted by molar-refractivity contribution is 7.47. The third-order valence-corrected chi connectivity index (χ3v) is 9.96. The molecule has 0 amide bonds. The molecule has 0 bridgehead atoms. The van der Waals surface area contributed by atoms with Crippen molar-refractivity contribution in [2.24, 2.45) is 5.73 Å². The van der Waals surface area contributed by atoms with E-state index in [0.717, 1.165) is 44.9 Å². The zero-order chi connectivity index (χ0) is 38.5. The summed E-state index contributed by atoms with van der Waals surface area (Å²) in [5.41, 5.74) is 5.30. The van der Waals surface area contributed by atoms with E-state index in [-0.39, 0.29) is 19.4 Å². The summed E-state index contributed by atoms with van der Waals surface area (Å²) < 4.78 is 32.4. The minimum Gasteiger partial charge on any atom is -0.480 e. The van der Waals surface area contributed by atoms with Crippen LogP contribution in [0.15, 0.2) is 12.2 Å². The van der Waals surface area contributed by atoms with Crippen molar-refractivity contribution in [2.75, 3.05) is 19.8 Å². The Labute approximate surface area is 316 Å². The lowest BCUT2D eigenvalue weighted by atomic mass is 10.0. The monoisotopic (exact) mass is 762 g/mol. The number of carboxylic acid groups (broad SMARTS) is 1. The summed E-state index contributed by atoms with van der Waals surface area (Å²) in [6.07, 6.45) is 34.9. The second-order valence-electron chi connectivity index (χ2n) is 14.1. The number of phosphoric acid groups is 1. The summed E-state index contributed by atoms with van der Waals surface area (Å²) in [6.45, 7) is 2.70. The van der Waals surface area contributed by atoms with E-state index in [2.05, 4.69) is 30.5 Å². The Bertz CT molecular complexity index is 947. The van der Waals surface area contributed by atoms with Crippen LogP contribution in [0.1, 0.15) is 194 Å². The minimum absolute atomic E-state index is 0.164. The molecule has 0 rings (SSSR count). The Morgan fingerprint density at radius 1 is 0.577 bits per heavy atom. The van der Waals surface area contributed by atoms with Crippen LogP contribution in [0.2, 0.25) is 0 Å². The molecule has 0 saturated carbocycles. The first-order chi connectivity index (χ1) is 25.1. The molecule has 0 aromatic carbocycles. The Morgan fingerprint density at radius 2 is 0.962 bits per heavy atom. The van der Waals surface area contributed by atoms with Crippen LogP contribution in [-0.4, -0.2) is 59.9 Å². The Balaban J connectivity index is 4.09. The molecule has 3 atom stereocenters. The molecule has 4 N–H and O–H groups in total. The first kappa shape index (κ1) is 50.2. The predicted molar refractivity (Wildman–Crippen MR) is 208 cm³/mol. The molecule has 12 heteroatoms. The van der Waals surface area contributed by atoms with Gasteiger partial charge < -0.3 is 25.2 Å². The average Bonchev–Trinajstić information content (AvgIpc) is 3.11. The SMILES string of the molecule is CCCCCCCCCC/C=C\CCCCCCCCCCCCCC(=O)OC(COC(=O)CCCCCCC)COP(=O)(O)OCC(N)C(=O)O. The molecule has 0 aliphatic heterocycles. The third-order valence-electron chi connectivity index (χ3n) is 9.01. The largest absolute Gasteiger partial charge is 0.480 e. The van der Waals surface area contributed by atoms with E-state index in [1.165, 1.54) is 109 Å². The zero-order valence-electron chi connectivity index (χ0n) is 32.9. The van der Waals surface area contributed by atoms with Gasteiger partial charge >= 0.3 is 25.7 Å². The van der Waals surface area contributed by atoms with Gasteiger partial charge in [-0.2, -0.15) is 0 Å². The molecule has 0 aromatic heterocycles. The molecule has 3 unspecified atom stereocenters. The molecule has 0 saturated heterocycles. The van der Waals surface area contributed by atoms with E-state index in [1.807, 2.05) is 0 Å². The lowest BCUT2D eigenvalue weighted by Crippen LogP contribution is -2.34. The summed E-state index contributed by atoms with van der Waals surface area (Å²) in [7, 11) is -4.70. The maximum absolute atomic E-state index is 12.5. The summed E-state index contributed by atoms with van der Waals surface area (Å²) >= 11 is 0. The minimum atomic E-state index is -4.70. The smallest absolute Gasteiger partial charge is 0.472 e. The maximum Gasteiger partial charge on any atom is 0.472 e. The lowest BCUT2D eigenvalue weighted by molar-refractivity contribution is -0.161. The van der Waals surface area contributed by atoms with Crippen LogP contribution < -0.4 is 5.73 Å². The topological polar surface area (TPSA) is 172 Å². The number of rotatable bonds is 39. The van der Waals surface area contributed by atoms with Crippen molar-refractivity contribution in [3.63, 3.8) is 0 Å². The standard InChI is InChI=1S/C40H76NO10P/c1-3-5-7-9-10-11-12-13-14-15-16-17-18-19-20-21-22-23-24-25-26-28-30-32-39(43)51-36(33-48-38(42)31-29-27-8-6-4-2)34-49-52(46,47)50-35-37(41)40(44)45/h15-16,36-37H,3-14,17-35,41H2,1-2H3,(H,44,45)(H,46,47)/b16-15-. The number of carbonyl (C=O) groups is 3. The number of nitrogens with two attached hydrogens (primary N) is 1. The van der Waals surface area contributed by atoms with Gasteiger partial charge in [0.25, 0.3) is 0 Å². The summed E-state index contributed by atoms with van der Waals surface area (Å²) in [6, 6.07) is -1.52. The van der Waals surface area contributed by atoms with Gasteiger partial charge in [-0.1, -0.05) is 154 Å². The van der Waals surface area contributed by atoms with E-state index in [4.69, 9.17) is 24.8 Å². The molecule has 0 spiro atoms. The number of hydrogen-bond donors (Lipinski definition) is 3. The molecule has 0 aliphatic rings. The van der Waals surface area contributed by atoms with Gasteiger partial charge in [0.2, 0.25) is 0 Å². The fourth-order valence-electron chi connectivity index (χ4n) is 5.71. The maximum atomic E-state index is 12.5. The van der Waals surface area contributed by atoms with Crippen LogP contribution in [0.5, 0.6) is 0 Å². The highest BCUT2D eigenvalue weighted by atomic mass is 31.2. The number of unbranched alkanes of at least 4 members (excludes halogenated alkanes) is 23. The van der Waals surface area contributed by atoms with Crippen molar-refractivity contribution < 1.29 is 47.5 Å². The average molecular weight is 762 g/mol. The number of aliphatic carboxylic acids is 1. The number of esters is 2. The highest BCUT2D eigenvalue weighted by Crippen LogP contribution is 2.43. The van der Waals surface area contributed by atoms with Gasteiger partial charge in [0.1, 0.15) is 12.6 Å². The molecular weight excluding hydrogens is 685 g/mol. The summed E-state index contributed by atoms with van der Waals surface area (Å²) in [5.74, 6) is -2.39. The van der Waals surface area contributed by atoms with Crippen molar-refractivity contribution in [1.29, 1.82) is 0 Å². The second kappa shape index (κ2) is 36.2. The van der Waals surface area contributed by atoms with Crippen LogP contribution in [-0.2, 0) is 37.5 Å². The van der Waals surface area contributed by atoms with Crippen LogP contribution in [0.25, 0.3) is 0 Å². The molecule has 0 heterocycles. The molecular formula is C40H76NO10P. The second-order valence-corrected chi connectivity index (χ2v) is 15.6. The third kappa shape index (κ3) is 35.3. The molecule has 52 heavy (non-hydrogen) atoms. The molecule has 0 radical (unpaired) electrons. The van der Waals surface area contributed by atoms with Gasteiger partial charge in [-0.15, -0.1) is 0 Å². The van der Waals surface area contributed by atoms with Gasteiger partial charge in [-0.3, -0.25) is 23.4 Å². The fourth-order valence-corrected chi connectivity index (χ4v) is 6.48. The Morgan fingerprint density at radius 3 is 1.40 bits per heavy atom. The van der Waals surface area contributed by atoms with Crippen molar-refractivity contribution in [3.8, 4) is 0 Å². The Kier molecular flexibility index (Phi) is 35.0. The molecule has 0 aliphatic carbocycles. The van der Waals surface area contributed by atoms with Crippen LogP contribution in [0, 0.1) is 0 Å². The number of phosphoric ester groups is 1. The van der Waals surface area contributed by atoms with Gasteiger partial charge in [0.05, 0.1) is 13.2 Å². The van der Waals surface area contributed by atoms with Crippen LogP contribution >= 0.6 is 7.82 Å². The van der Waals surface area contributed by atoms with E-state index in [1.54, 1.807) is 0 Å². The van der Waals surface area contributed by atoms with Crippen molar-refractivity contribution in [3.05, 3.63) is 12.2 Å². The zero-order valence-corrected chi connectivity index (χ0v) is 33.8. The molecule has 0 fully saturated rings. The predicted octanol–water partition coefficient (Wildman–Crippen LogP) is 10.5. The normalized spacial score (nSPS) is 13.9. The summed E-state index contributed by atoms with van der Waals surface area (Å²) in [5, 5.41) is 8.84. The fraction of sp³-hybridized carbons (Fsp3) is 0.875. The quantitative estimate of drug-likeness (QED) is 0.0235. The van der Waals surface area contributed by atoms with Crippen molar-refractivity contribution in [1.82, 2.24) is 0 Å². The van der Waals surface area contributed by atoms with Crippen molar-refractivity contribution in [2.45, 2.75) is 206 Å².